The van der Waals surface area contributed by atoms with E-state index >= 15 is 0 Å². The second-order valence-electron chi connectivity index (χ2n) is 6.52. The second kappa shape index (κ2) is 8.78. The largest absolute Gasteiger partial charge is 0.439 e. The standard InChI is InChI=1S/C22H15BrFNO4S2/c23-15-3-9-19(10-4-15)31(27,28)21-12-11-20(29-21)22(26)25(14-18-2-1-13-30-18)17-7-5-16(24)6-8-17/h1-13H,14H2. The van der Waals surface area contributed by atoms with Crippen LogP contribution < -0.4 is 4.90 Å². The van der Waals surface area contributed by atoms with Gasteiger partial charge in [0.25, 0.3) is 5.91 Å². The van der Waals surface area contributed by atoms with Crippen LogP contribution in [0.1, 0.15) is 15.4 Å². The number of thiophene rings is 1. The number of sulfone groups is 1. The number of amides is 1. The predicted octanol–water partition coefficient (Wildman–Crippen LogP) is 5.92. The van der Waals surface area contributed by atoms with Gasteiger partial charge in [-0.15, -0.1) is 11.3 Å². The molecular formula is C22H15BrFNO4S2. The van der Waals surface area contributed by atoms with Crippen LogP contribution in [0.5, 0.6) is 0 Å². The van der Waals surface area contributed by atoms with Gasteiger partial charge in [0.05, 0.1) is 11.4 Å². The molecule has 1 amide bonds. The third kappa shape index (κ3) is 4.63. The second-order valence-corrected chi connectivity index (χ2v) is 10.4. The van der Waals surface area contributed by atoms with Gasteiger partial charge in [0, 0.05) is 15.0 Å². The van der Waals surface area contributed by atoms with E-state index in [0.29, 0.717) is 5.69 Å². The third-order valence-corrected chi connectivity index (χ3v) is 7.49. The molecule has 0 unspecified atom stereocenters. The molecule has 0 spiro atoms. The van der Waals surface area contributed by atoms with E-state index in [4.69, 9.17) is 4.42 Å². The summed E-state index contributed by atoms with van der Waals surface area (Å²) in [6.07, 6.45) is 0. The molecule has 0 saturated heterocycles. The first-order valence-corrected chi connectivity index (χ1v) is 12.2. The normalized spacial score (nSPS) is 11.4. The molecule has 4 rings (SSSR count). The van der Waals surface area contributed by atoms with Crippen molar-refractivity contribution in [2.45, 2.75) is 16.5 Å². The van der Waals surface area contributed by atoms with Crippen LogP contribution in [0.15, 0.2) is 97.1 Å². The SMILES string of the molecule is O=C(c1ccc(S(=O)(=O)c2ccc(Br)cc2)o1)N(Cc1cccs1)c1ccc(F)cc1. The van der Waals surface area contributed by atoms with E-state index in [-0.39, 0.29) is 22.3 Å². The van der Waals surface area contributed by atoms with E-state index in [1.165, 1.54) is 64.8 Å². The zero-order valence-electron chi connectivity index (χ0n) is 15.9. The summed E-state index contributed by atoms with van der Waals surface area (Å²) in [5.41, 5.74) is 0.466. The molecule has 2 heterocycles. The topological polar surface area (TPSA) is 67.6 Å². The zero-order chi connectivity index (χ0) is 22.0. The number of nitrogens with zero attached hydrogens (tertiary/aromatic N) is 1. The van der Waals surface area contributed by atoms with Gasteiger partial charge >= 0.3 is 0 Å². The average Bonchev–Trinajstić information content (AvgIpc) is 3.45. The Kier molecular flexibility index (Phi) is 6.08. The molecule has 2 aromatic carbocycles. The molecule has 0 aliphatic heterocycles. The number of rotatable bonds is 6. The van der Waals surface area contributed by atoms with Gasteiger partial charge in [-0.1, -0.05) is 22.0 Å². The van der Waals surface area contributed by atoms with Gasteiger partial charge in [0.2, 0.25) is 14.9 Å². The quantitative estimate of drug-likeness (QED) is 0.317. The van der Waals surface area contributed by atoms with Gasteiger partial charge in [0.1, 0.15) is 5.82 Å². The highest BCUT2D eigenvalue weighted by molar-refractivity contribution is 9.10. The molecule has 0 N–H and O–H groups in total. The lowest BCUT2D eigenvalue weighted by Crippen LogP contribution is -2.29. The van der Waals surface area contributed by atoms with Crippen molar-refractivity contribution < 1.29 is 22.0 Å². The molecule has 4 aromatic rings. The molecular weight excluding hydrogens is 505 g/mol. The maximum atomic E-state index is 13.4. The summed E-state index contributed by atoms with van der Waals surface area (Å²) in [6, 6.07) is 18.0. The van der Waals surface area contributed by atoms with Crippen molar-refractivity contribution in [1.29, 1.82) is 0 Å². The van der Waals surface area contributed by atoms with Gasteiger partial charge in [-0.3, -0.25) is 4.79 Å². The Hall–Kier alpha value is -2.75. The lowest BCUT2D eigenvalue weighted by Gasteiger charge is -2.21. The van der Waals surface area contributed by atoms with Crippen LogP contribution in [0.25, 0.3) is 0 Å². The molecule has 0 bridgehead atoms. The lowest BCUT2D eigenvalue weighted by molar-refractivity contribution is 0.0953. The van der Waals surface area contributed by atoms with E-state index in [1.807, 2.05) is 17.5 Å². The summed E-state index contributed by atoms with van der Waals surface area (Å²) < 4.78 is 45.3. The van der Waals surface area contributed by atoms with Gasteiger partial charge in [-0.25, -0.2) is 12.8 Å². The van der Waals surface area contributed by atoms with Crippen molar-refractivity contribution >= 4 is 48.7 Å². The Morgan fingerprint density at radius 1 is 1.00 bits per heavy atom. The van der Waals surface area contributed by atoms with Crippen LogP contribution in [0, 0.1) is 5.82 Å². The molecule has 2 aromatic heterocycles. The number of benzene rings is 2. The Balaban J connectivity index is 1.67. The van der Waals surface area contributed by atoms with Crippen molar-refractivity contribution in [3.05, 3.63) is 99.1 Å². The van der Waals surface area contributed by atoms with Gasteiger partial charge in [-0.2, -0.15) is 0 Å². The Morgan fingerprint density at radius 3 is 2.35 bits per heavy atom. The fraction of sp³-hybridized carbons (Fsp3) is 0.0455. The van der Waals surface area contributed by atoms with Gasteiger partial charge in [0.15, 0.2) is 5.76 Å². The summed E-state index contributed by atoms with van der Waals surface area (Å²) in [5, 5.41) is 1.56. The summed E-state index contributed by atoms with van der Waals surface area (Å²) in [4.78, 5) is 15.6. The molecule has 0 atom stereocenters. The lowest BCUT2D eigenvalue weighted by atomic mass is 10.2. The fourth-order valence-corrected chi connectivity index (χ4v) is 5.03. The number of hydrogen-bond donors (Lipinski definition) is 0. The smallest absolute Gasteiger partial charge is 0.294 e. The van der Waals surface area contributed by atoms with E-state index in [2.05, 4.69) is 15.9 Å². The fourth-order valence-electron chi connectivity index (χ4n) is 2.90. The van der Waals surface area contributed by atoms with E-state index in [9.17, 15) is 17.6 Å². The van der Waals surface area contributed by atoms with Crippen molar-refractivity contribution in [3.8, 4) is 0 Å². The van der Waals surface area contributed by atoms with Crippen molar-refractivity contribution in [2.24, 2.45) is 0 Å². The van der Waals surface area contributed by atoms with Crippen LogP contribution in [0.2, 0.25) is 0 Å². The Morgan fingerprint density at radius 2 is 1.71 bits per heavy atom. The summed E-state index contributed by atoms with van der Waals surface area (Å²) in [5.74, 6) is -1.08. The number of carbonyl (C=O) groups is 1. The zero-order valence-corrected chi connectivity index (χ0v) is 19.1. The highest BCUT2D eigenvalue weighted by atomic mass is 79.9. The molecule has 5 nitrogen and oxygen atoms in total. The first-order valence-electron chi connectivity index (χ1n) is 9.05. The van der Waals surface area contributed by atoms with Gasteiger partial charge in [-0.05, 0) is 72.1 Å². The highest BCUT2D eigenvalue weighted by Gasteiger charge is 2.26. The number of halogens is 2. The molecule has 0 aliphatic carbocycles. The monoisotopic (exact) mass is 519 g/mol. The molecule has 0 radical (unpaired) electrons. The van der Waals surface area contributed by atoms with Crippen LogP contribution in [0.4, 0.5) is 10.1 Å². The first kappa shape index (κ1) is 21.5. The average molecular weight is 520 g/mol. The Bertz CT molecular complexity index is 1300. The maximum Gasteiger partial charge on any atom is 0.294 e. The van der Waals surface area contributed by atoms with Crippen molar-refractivity contribution in [1.82, 2.24) is 0 Å². The Labute approximate surface area is 190 Å². The molecule has 0 aliphatic rings. The van der Waals surface area contributed by atoms with E-state index in [0.717, 1.165) is 9.35 Å². The van der Waals surface area contributed by atoms with Crippen molar-refractivity contribution in [3.63, 3.8) is 0 Å². The first-order chi connectivity index (χ1) is 14.8. The maximum absolute atomic E-state index is 13.4. The van der Waals surface area contributed by atoms with Crippen LogP contribution in [-0.2, 0) is 16.4 Å². The number of furan rings is 1. The van der Waals surface area contributed by atoms with Crippen LogP contribution in [-0.4, -0.2) is 14.3 Å². The molecule has 0 fully saturated rings. The minimum Gasteiger partial charge on any atom is -0.439 e. The minimum absolute atomic E-state index is 0.0537. The van der Waals surface area contributed by atoms with Gasteiger partial charge < -0.3 is 9.32 Å². The predicted molar refractivity (Wildman–Crippen MR) is 120 cm³/mol. The number of hydrogen-bond acceptors (Lipinski definition) is 5. The summed E-state index contributed by atoms with van der Waals surface area (Å²) >= 11 is 4.74. The molecule has 9 heteroatoms. The number of anilines is 1. The van der Waals surface area contributed by atoms with E-state index in [1.54, 1.807) is 12.1 Å². The van der Waals surface area contributed by atoms with E-state index < -0.39 is 21.6 Å². The summed E-state index contributed by atoms with van der Waals surface area (Å²) in [6.45, 7) is 0.234. The molecule has 0 saturated carbocycles. The summed E-state index contributed by atoms with van der Waals surface area (Å²) in [7, 11) is -3.92. The third-order valence-electron chi connectivity index (χ3n) is 4.46. The van der Waals surface area contributed by atoms with Crippen LogP contribution >= 0.6 is 27.3 Å². The minimum atomic E-state index is -3.92. The molecule has 31 heavy (non-hydrogen) atoms. The highest BCUT2D eigenvalue weighted by Crippen LogP contribution is 2.27. The van der Waals surface area contributed by atoms with Crippen LogP contribution in [0.3, 0.4) is 0 Å². The van der Waals surface area contributed by atoms with Crippen molar-refractivity contribution in [2.75, 3.05) is 4.90 Å². The number of carbonyl (C=O) groups excluding carboxylic acids is 1. The molecule has 158 valence electrons.